The number of aromatic nitrogens is 2. The van der Waals surface area contributed by atoms with Crippen molar-refractivity contribution in [3.8, 4) is 0 Å². The summed E-state index contributed by atoms with van der Waals surface area (Å²) < 4.78 is 5.37. The first-order valence-corrected chi connectivity index (χ1v) is 9.31. The van der Waals surface area contributed by atoms with Crippen LogP contribution in [-0.2, 0) is 10.5 Å². The lowest BCUT2D eigenvalue weighted by Gasteiger charge is -2.21. The van der Waals surface area contributed by atoms with Crippen LogP contribution in [0.4, 0.5) is 5.69 Å². The fourth-order valence-electron chi connectivity index (χ4n) is 2.55. The minimum absolute atomic E-state index is 0.0667. The van der Waals surface area contributed by atoms with Gasteiger partial charge in [0.1, 0.15) is 5.69 Å². The van der Waals surface area contributed by atoms with Gasteiger partial charge in [-0.25, -0.2) is 14.8 Å². The Morgan fingerprint density at radius 1 is 1.19 bits per heavy atom. The maximum atomic E-state index is 12.2. The molecule has 0 spiro atoms. The maximum Gasteiger partial charge on any atom is 0.356 e. The summed E-state index contributed by atoms with van der Waals surface area (Å²) in [5.74, 6) is -0.732. The van der Waals surface area contributed by atoms with Crippen LogP contribution in [0, 0.1) is 0 Å². The quantitative estimate of drug-likeness (QED) is 0.803. The minimum atomic E-state index is -1.18. The Hall–Kier alpha value is -2.45. The molecule has 0 aliphatic carbocycles. The second-order valence-electron chi connectivity index (χ2n) is 5.87. The average Bonchev–Trinajstić information content (AvgIpc) is 2.67. The molecule has 2 heterocycles. The Labute approximate surface area is 155 Å². The number of rotatable bonds is 6. The molecule has 0 radical (unpaired) electrons. The van der Waals surface area contributed by atoms with E-state index in [9.17, 15) is 9.59 Å². The second kappa shape index (κ2) is 8.77. The molecule has 0 saturated carbocycles. The summed E-state index contributed by atoms with van der Waals surface area (Å²) in [6.45, 7) is 1.66. The van der Waals surface area contributed by atoms with Gasteiger partial charge in [-0.2, -0.15) is 11.8 Å². The lowest BCUT2D eigenvalue weighted by atomic mass is 10.2. The molecule has 1 aromatic carbocycles. The molecule has 1 aromatic heterocycles. The van der Waals surface area contributed by atoms with E-state index < -0.39 is 11.9 Å². The van der Waals surface area contributed by atoms with Crippen LogP contribution >= 0.6 is 11.8 Å². The monoisotopic (exact) mass is 373 g/mol. The normalized spacial score (nSPS) is 14.8. The minimum Gasteiger partial charge on any atom is -0.476 e. The Kier molecular flexibility index (Phi) is 6.19. The first kappa shape index (κ1) is 18.3. The highest BCUT2D eigenvalue weighted by molar-refractivity contribution is 7.99. The lowest BCUT2D eigenvalue weighted by Crippen LogP contribution is -2.17. The molecule has 1 aliphatic heterocycles. The highest BCUT2D eigenvalue weighted by Gasteiger charge is 2.15. The van der Waals surface area contributed by atoms with E-state index in [1.54, 1.807) is 6.07 Å². The number of carboxylic acids is 1. The summed E-state index contributed by atoms with van der Waals surface area (Å²) in [5.41, 5.74) is 1.67. The summed E-state index contributed by atoms with van der Waals surface area (Å²) >= 11 is 1.91. The summed E-state index contributed by atoms with van der Waals surface area (Å²) in [5, 5.41) is 12.2. The third kappa shape index (κ3) is 5.03. The first-order chi connectivity index (χ1) is 12.6. The van der Waals surface area contributed by atoms with Gasteiger partial charge in [-0.1, -0.05) is 12.1 Å². The van der Waals surface area contributed by atoms with E-state index in [-0.39, 0.29) is 11.4 Å². The Morgan fingerprint density at radius 2 is 1.92 bits per heavy atom. The molecule has 2 N–H and O–H groups in total. The molecule has 1 saturated heterocycles. The van der Waals surface area contributed by atoms with Gasteiger partial charge >= 0.3 is 5.97 Å². The predicted molar refractivity (Wildman–Crippen MR) is 98.5 cm³/mol. The van der Waals surface area contributed by atoms with Crippen LogP contribution in [0.3, 0.4) is 0 Å². The summed E-state index contributed by atoms with van der Waals surface area (Å²) in [4.78, 5) is 30.6. The third-order valence-corrected chi connectivity index (χ3v) is 5.39. The van der Waals surface area contributed by atoms with E-state index in [0.29, 0.717) is 10.9 Å². The molecule has 8 heteroatoms. The van der Waals surface area contributed by atoms with Gasteiger partial charge in [0.05, 0.1) is 12.4 Å². The van der Waals surface area contributed by atoms with Crippen molar-refractivity contribution in [3.05, 3.63) is 53.6 Å². The predicted octanol–water partition coefficient (Wildman–Crippen LogP) is 2.84. The van der Waals surface area contributed by atoms with E-state index in [4.69, 9.17) is 9.84 Å². The SMILES string of the molecule is O=C(O)c1cnc(C(=O)Nc2cccc(CSC3CCOCC3)c2)cn1. The number of nitrogens with zero attached hydrogens (tertiary/aromatic N) is 2. The van der Waals surface area contributed by atoms with Crippen LogP contribution < -0.4 is 5.32 Å². The van der Waals surface area contributed by atoms with Gasteiger partial charge in [0.2, 0.25) is 0 Å². The van der Waals surface area contributed by atoms with Gasteiger partial charge < -0.3 is 15.2 Å². The standard InChI is InChI=1S/C18H19N3O4S/c22-17(15-9-20-16(10-19-15)18(23)24)21-13-3-1-2-12(8-13)11-26-14-4-6-25-7-5-14/h1-3,8-10,14H,4-7,11H2,(H,21,22)(H,23,24). The molecule has 0 unspecified atom stereocenters. The molecule has 136 valence electrons. The fraction of sp³-hybridized carbons (Fsp3) is 0.333. The molecule has 1 aliphatic rings. The highest BCUT2D eigenvalue weighted by Crippen LogP contribution is 2.26. The van der Waals surface area contributed by atoms with Crippen LogP contribution in [0.2, 0.25) is 0 Å². The first-order valence-electron chi connectivity index (χ1n) is 8.27. The van der Waals surface area contributed by atoms with Crippen LogP contribution in [0.1, 0.15) is 39.4 Å². The lowest BCUT2D eigenvalue weighted by molar-refractivity contribution is 0.0689. The molecule has 26 heavy (non-hydrogen) atoms. The van der Waals surface area contributed by atoms with Gasteiger partial charge in [-0.3, -0.25) is 4.79 Å². The molecular weight excluding hydrogens is 354 g/mol. The van der Waals surface area contributed by atoms with Crippen molar-refractivity contribution in [2.24, 2.45) is 0 Å². The van der Waals surface area contributed by atoms with Crippen LogP contribution in [0.5, 0.6) is 0 Å². The Morgan fingerprint density at radius 3 is 2.62 bits per heavy atom. The topological polar surface area (TPSA) is 101 Å². The van der Waals surface area contributed by atoms with Crippen molar-refractivity contribution in [1.29, 1.82) is 0 Å². The number of thioether (sulfide) groups is 1. The molecule has 2 aromatic rings. The molecule has 3 rings (SSSR count). The van der Waals surface area contributed by atoms with Crippen molar-refractivity contribution in [3.63, 3.8) is 0 Å². The fourth-order valence-corrected chi connectivity index (χ4v) is 3.68. The number of benzene rings is 1. The number of ether oxygens (including phenoxy) is 1. The number of hydrogen-bond acceptors (Lipinski definition) is 6. The smallest absolute Gasteiger partial charge is 0.356 e. The van der Waals surface area contributed by atoms with Crippen molar-refractivity contribution in [2.75, 3.05) is 18.5 Å². The average molecular weight is 373 g/mol. The number of carbonyl (C=O) groups is 2. The number of carbonyl (C=O) groups excluding carboxylic acids is 1. The Balaban J connectivity index is 1.58. The molecule has 7 nitrogen and oxygen atoms in total. The number of anilines is 1. The van der Waals surface area contributed by atoms with Gasteiger partial charge in [-0.15, -0.1) is 0 Å². The van der Waals surface area contributed by atoms with E-state index in [2.05, 4.69) is 15.3 Å². The zero-order valence-electron chi connectivity index (χ0n) is 14.1. The number of hydrogen-bond donors (Lipinski definition) is 2. The third-order valence-electron chi connectivity index (χ3n) is 3.94. The molecule has 1 fully saturated rings. The van der Waals surface area contributed by atoms with Crippen LogP contribution in [-0.4, -0.2) is 45.4 Å². The number of aromatic carboxylic acids is 1. The van der Waals surface area contributed by atoms with Crippen LogP contribution in [0.25, 0.3) is 0 Å². The Bertz CT molecular complexity index is 776. The molecule has 0 bridgehead atoms. The number of amides is 1. The van der Waals surface area contributed by atoms with Gasteiger partial charge in [0.15, 0.2) is 5.69 Å². The van der Waals surface area contributed by atoms with Gasteiger partial charge in [0.25, 0.3) is 5.91 Å². The highest BCUT2D eigenvalue weighted by atomic mass is 32.2. The summed E-state index contributed by atoms with van der Waals surface area (Å²) in [6, 6.07) is 7.67. The van der Waals surface area contributed by atoms with Gasteiger partial charge in [-0.05, 0) is 30.5 Å². The summed E-state index contributed by atoms with van der Waals surface area (Å²) in [7, 11) is 0. The maximum absolute atomic E-state index is 12.2. The summed E-state index contributed by atoms with van der Waals surface area (Å²) in [6.07, 6.45) is 4.38. The molecule has 1 amide bonds. The van der Waals surface area contributed by atoms with Crippen molar-refractivity contribution in [2.45, 2.75) is 23.8 Å². The largest absolute Gasteiger partial charge is 0.476 e. The van der Waals surface area contributed by atoms with Crippen molar-refractivity contribution in [1.82, 2.24) is 9.97 Å². The van der Waals surface area contributed by atoms with E-state index in [0.717, 1.165) is 49.8 Å². The molecule has 0 atom stereocenters. The number of carboxylic acid groups (broad SMARTS) is 1. The van der Waals surface area contributed by atoms with Crippen molar-refractivity contribution < 1.29 is 19.4 Å². The second-order valence-corrected chi connectivity index (χ2v) is 7.16. The zero-order valence-corrected chi connectivity index (χ0v) is 14.9. The van der Waals surface area contributed by atoms with E-state index in [1.165, 1.54) is 0 Å². The van der Waals surface area contributed by atoms with Crippen molar-refractivity contribution >= 4 is 29.3 Å². The zero-order chi connectivity index (χ0) is 18.4. The molecular formula is C18H19N3O4S. The number of nitrogens with one attached hydrogen (secondary N) is 1. The van der Waals surface area contributed by atoms with E-state index >= 15 is 0 Å². The van der Waals surface area contributed by atoms with Gasteiger partial charge in [0, 0.05) is 29.9 Å². The van der Waals surface area contributed by atoms with E-state index in [1.807, 2.05) is 30.0 Å². The van der Waals surface area contributed by atoms with Crippen LogP contribution in [0.15, 0.2) is 36.7 Å².